The SMILES string of the molecule is CCC/C=C\C/C=C\CCCCCCCC(=O)OC(COC(=O)CCCCCCCCCCCC)COC(=O)CCCCCCCCCCC/C=C\CCCCCCCC. The number of rotatable bonds is 47. The number of esters is 3. The highest BCUT2D eigenvalue weighted by Crippen LogP contribution is 2.15. The largest absolute Gasteiger partial charge is 0.462 e. The third-order valence-corrected chi connectivity index (χ3v) is 11.3. The molecule has 0 rings (SSSR count). The van der Waals surface area contributed by atoms with E-state index in [9.17, 15) is 14.4 Å². The van der Waals surface area contributed by atoms with Crippen LogP contribution in [0.4, 0.5) is 0 Å². The quantitative estimate of drug-likeness (QED) is 0.0263. The highest BCUT2D eigenvalue weighted by atomic mass is 16.6. The molecule has 6 heteroatoms. The van der Waals surface area contributed by atoms with Crippen molar-refractivity contribution in [3.05, 3.63) is 36.5 Å². The van der Waals surface area contributed by atoms with Gasteiger partial charge in [0.25, 0.3) is 0 Å². The summed E-state index contributed by atoms with van der Waals surface area (Å²) >= 11 is 0. The molecule has 0 saturated heterocycles. The first-order valence-electron chi connectivity index (χ1n) is 26.0. The molecule has 0 amide bonds. The van der Waals surface area contributed by atoms with Crippen molar-refractivity contribution in [1.82, 2.24) is 0 Å². The van der Waals surface area contributed by atoms with Gasteiger partial charge in [-0.3, -0.25) is 14.4 Å². The van der Waals surface area contributed by atoms with Crippen LogP contribution < -0.4 is 0 Å². The molecule has 0 aliphatic carbocycles. The van der Waals surface area contributed by atoms with Crippen LogP contribution in [0.5, 0.6) is 0 Å². The lowest BCUT2D eigenvalue weighted by atomic mass is 10.1. The molecule has 0 radical (unpaired) electrons. The van der Waals surface area contributed by atoms with E-state index < -0.39 is 6.10 Å². The minimum absolute atomic E-state index is 0.0759. The fourth-order valence-electron chi connectivity index (χ4n) is 7.42. The van der Waals surface area contributed by atoms with E-state index >= 15 is 0 Å². The fraction of sp³-hybridized carbons (Fsp3) is 0.833. The smallest absolute Gasteiger partial charge is 0.306 e. The van der Waals surface area contributed by atoms with E-state index in [2.05, 4.69) is 57.2 Å². The van der Waals surface area contributed by atoms with Crippen molar-refractivity contribution in [1.29, 1.82) is 0 Å². The van der Waals surface area contributed by atoms with Gasteiger partial charge in [-0.25, -0.2) is 0 Å². The van der Waals surface area contributed by atoms with Gasteiger partial charge in [0.15, 0.2) is 6.10 Å². The summed E-state index contributed by atoms with van der Waals surface area (Å²) in [6, 6.07) is 0. The van der Waals surface area contributed by atoms with Gasteiger partial charge in [0, 0.05) is 19.3 Å². The van der Waals surface area contributed by atoms with Crippen LogP contribution in [0.15, 0.2) is 36.5 Å². The molecule has 0 spiro atoms. The van der Waals surface area contributed by atoms with E-state index in [0.29, 0.717) is 19.3 Å². The molecule has 0 aromatic rings. The Kier molecular flexibility index (Phi) is 47.3. The van der Waals surface area contributed by atoms with E-state index in [-0.39, 0.29) is 31.1 Å². The molecule has 0 N–H and O–H groups in total. The third-order valence-electron chi connectivity index (χ3n) is 11.3. The standard InChI is InChI=1S/C54H98O6/c1-4-7-10-13-16-19-22-24-25-26-27-28-29-31-32-35-38-41-44-47-53(56)59-50-51(49-58-52(55)46-43-40-37-34-21-18-15-12-9-6-3)60-54(57)48-45-42-39-36-33-30-23-20-17-14-11-8-5-2/h11,14,20,23-25,51H,4-10,12-13,15-19,21-22,26-50H2,1-3H3/b14-11-,23-20-,25-24-. The van der Waals surface area contributed by atoms with E-state index in [1.807, 2.05) is 0 Å². The van der Waals surface area contributed by atoms with Crippen LogP contribution in [0, 0.1) is 0 Å². The number of ether oxygens (including phenoxy) is 3. The first-order chi connectivity index (χ1) is 29.5. The number of hydrogen-bond acceptors (Lipinski definition) is 6. The fourth-order valence-corrected chi connectivity index (χ4v) is 7.42. The molecule has 0 saturated carbocycles. The Bertz CT molecular complexity index is 1020. The van der Waals surface area contributed by atoms with Crippen molar-refractivity contribution in [2.24, 2.45) is 0 Å². The van der Waals surface area contributed by atoms with Crippen molar-refractivity contribution < 1.29 is 28.6 Å². The van der Waals surface area contributed by atoms with Crippen LogP contribution in [0.3, 0.4) is 0 Å². The van der Waals surface area contributed by atoms with Crippen LogP contribution in [0.25, 0.3) is 0 Å². The maximum Gasteiger partial charge on any atom is 0.306 e. The van der Waals surface area contributed by atoms with Crippen molar-refractivity contribution in [2.45, 2.75) is 277 Å². The van der Waals surface area contributed by atoms with Crippen LogP contribution in [-0.4, -0.2) is 37.2 Å². The van der Waals surface area contributed by atoms with Crippen molar-refractivity contribution in [2.75, 3.05) is 13.2 Å². The lowest BCUT2D eigenvalue weighted by Gasteiger charge is -2.18. The molecule has 6 nitrogen and oxygen atoms in total. The highest BCUT2D eigenvalue weighted by molar-refractivity contribution is 5.71. The molecule has 0 bridgehead atoms. The van der Waals surface area contributed by atoms with Gasteiger partial charge in [-0.05, 0) is 70.6 Å². The number of carbonyl (C=O) groups is 3. The van der Waals surface area contributed by atoms with E-state index in [1.54, 1.807) is 0 Å². The lowest BCUT2D eigenvalue weighted by molar-refractivity contribution is -0.167. The van der Waals surface area contributed by atoms with Crippen molar-refractivity contribution in [3.63, 3.8) is 0 Å². The second-order valence-electron chi connectivity index (χ2n) is 17.4. The predicted molar refractivity (Wildman–Crippen MR) is 256 cm³/mol. The molecule has 0 fully saturated rings. The molecule has 0 aliphatic rings. The Hall–Kier alpha value is -2.37. The number of allylic oxidation sites excluding steroid dienone is 6. The summed E-state index contributed by atoms with van der Waals surface area (Å²) in [7, 11) is 0. The zero-order valence-electron chi connectivity index (χ0n) is 40.0. The van der Waals surface area contributed by atoms with Gasteiger partial charge in [-0.2, -0.15) is 0 Å². The maximum atomic E-state index is 12.8. The first-order valence-corrected chi connectivity index (χ1v) is 26.0. The zero-order chi connectivity index (χ0) is 43.7. The molecule has 1 atom stereocenters. The topological polar surface area (TPSA) is 78.9 Å². The minimum Gasteiger partial charge on any atom is -0.462 e. The van der Waals surface area contributed by atoms with Gasteiger partial charge in [0.1, 0.15) is 13.2 Å². The Morgan fingerprint density at radius 2 is 0.633 bits per heavy atom. The Morgan fingerprint density at radius 1 is 0.333 bits per heavy atom. The van der Waals surface area contributed by atoms with E-state index in [1.165, 1.54) is 141 Å². The summed E-state index contributed by atoms with van der Waals surface area (Å²) in [6.07, 6.45) is 57.0. The van der Waals surface area contributed by atoms with Gasteiger partial charge >= 0.3 is 17.9 Å². The van der Waals surface area contributed by atoms with E-state index in [4.69, 9.17) is 14.2 Å². The molecule has 0 heterocycles. The molecule has 1 unspecified atom stereocenters. The summed E-state index contributed by atoms with van der Waals surface area (Å²) in [5, 5.41) is 0. The predicted octanol–water partition coefficient (Wildman–Crippen LogP) is 16.9. The molecule has 0 aliphatic heterocycles. The second-order valence-corrected chi connectivity index (χ2v) is 17.4. The van der Waals surface area contributed by atoms with Crippen LogP contribution in [0.2, 0.25) is 0 Å². The van der Waals surface area contributed by atoms with Crippen LogP contribution >= 0.6 is 0 Å². The number of unbranched alkanes of at least 4 members (excludes halogenated alkanes) is 30. The average Bonchev–Trinajstić information content (AvgIpc) is 3.24. The Morgan fingerprint density at radius 3 is 1.00 bits per heavy atom. The van der Waals surface area contributed by atoms with Crippen LogP contribution in [-0.2, 0) is 28.6 Å². The summed E-state index contributed by atoms with van der Waals surface area (Å²) in [6.45, 7) is 6.56. The summed E-state index contributed by atoms with van der Waals surface area (Å²) in [4.78, 5) is 37.9. The monoisotopic (exact) mass is 843 g/mol. The van der Waals surface area contributed by atoms with Crippen LogP contribution in [0.1, 0.15) is 271 Å². The normalized spacial score (nSPS) is 12.2. The van der Waals surface area contributed by atoms with Gasteiger partial charge in [-0.1, -0.05) is 218 Å². The first kappa shape index (κ1) is 57.6. The molecule has 350 valence electrons. The number of carbonyl (C=O) groups excluding carboxylic acids is 3. The van der Waals surface area contributed by atoms with Crippen molar-refractivity contribution in [3.8, 4) is 0 Å². The molecule has 0 aromatic carbocycles. The molecule has 60 heavy (non-hydrogen) atoms. The molecule has 0 aromatic heterocycles. The Balaban J connectivity index is 4.29. The highest BCUT2D eigenvalue weighted by Gasteiger charge is 2.19. The molecular weight excluding hydrogens is 745 g/mol. The summed E-state index contributed by atoms with van der Waals surface area (Å²) in [5.41, 5.74) is 0. The minimum atomic E-state index is -0.775. The second kappa shape index (κ2) is 49.3. The summed E-state index contributed by atoms with van der Waals surface area (Å²) < 4.78 is 16.8. The van der Waals surface area contributed by atoms with Gasteiger partial charge in [-0.15, -0.1) is 0 Å². The zero-order valence-corrected chi connectivity index (χ0v) is 40.0. The third kappa shape index (κ3) is 46.7. The Labute approximate surface area is 372 Å². The maximum absolute atomic E-state index is 12.8. The number of hydrogen-bond donors (Lipinski definition) is 0. The van der Waals surface area contributed by atoms with Gasteiger partial charge < -0.3 is 14.2 Å². The average molecular weight is 843 g/mol. The van der Waals surface area contributed by atoms with Crippen molar-refractivity contribution >= 4 is 17.9 Å². The van der Waals surface area contributed by atoms with Gasteiger partial charge in [0.2, 0.25) is 0 Å². The molecular formula is C54H98O6. The lowest BCUT2D eigenvalue weighted by Crippen LogP contribution is -2.30. The van der Waals surface area contributed by atoms with Gasteiger partial charge in [0.05, 0.1) is 0 Å². The van der Waals surface area contributed by atoms with E-state index in [0.717, 1.165) is 89.9 Å². The summed E-state index contributed by atoms with van der Waals surface area (Å²) in [5.74, 6) is -0.885.